The molecule has 12 heavy (non-hydrogen) atoms. The van der Waals surface area contributed by atoms with E-state index in [4.69, 9.17) is 0 Å². The zero-order valence-corrected chi connectivity index (χ0v) is 6.85. The van der Waals surface area contributed by atoms with Gasteiger partial charge in [-0.05, 0) is 19.0 Å². The molecule has 2 N–H and O–H groups in total. The molecule has 0 amide bonds. The van der Waals surface area contributed by atoms with Gasteiger partial charge in [-0.3, -0.25) is 4.68 Å². The summed E-state index contributed by atoms with van der Waals surface area (Å²) in [5, 5.41) is 16.9. The standard InChI is InChI=1S/C8H13N3O/c12-8-6-9-4-2-7(8)11-5-1-3-10-11/h1,3,5,7-9,12H,2,4,6H2/t7-,8-/m1/s1. The van der Waals surface area contributed by atoms with E-state index in [2.05, 4.69) is 10.4 Å². The Hall–Kier alpha value is -0.870. The molecule has 4 heteroatoms. The van der Waals surface area contributed by atoms with Crippen LogP contribution < -0.4 is 5.32 Å². The van der Waals surface area contributed by atoms with Crippen molar-refractivity contribution in [1.29, 1.82) is 0 Å². The number of hydrogen-bond acceptors (Lipinski definition) is 3. The summed E-state index contributed by atoms with van der Waals surface area (Å²) >= 11 is 0. The Balaban J connectivity index is 2.11. The van der Waals surface area contributed by atoms with Gasteiger partial charge in [-0.2, -0.15) is 5.10 Å². The molecule has 1 aromatic rings. The molecule has 0 unspecified atom stereocenters. The summed E-state index contributed by atoms with van der Waals surface area (Å²) in [6, 6.07) is 2.04. The topological polar surface area (TPSA) is 50.1 Å². The highest BCUT2D eigenvalue weighted by atomic mass is 16.3. The van der Waals surface area contributed by atoms with Crippen LogP contribution in [0.3, 0.4) is 0 Å². The molecular weight excluding hydrogens is 154 g/mol. The molecule has 0 aliphatic carbocycles. The minimum absolute atomic E-state index is 0.154. The molecular formula is C8H13N3O. The lowest BCUT2D eigenvalue weighted by molar-refractivity contribution is 0.0810. The first-order chi connectivity index (χ1) is 5.88. The van der Waals surface area contributed by atoms with E-state index < -0.39 is 0 Å². The Morgan fingerprint density at radius 3 is 3.17 bits per heavy atom. The lowest BCUT2D eigenvalue weighted by atomic mass is 10.0. The maximum Gasteiger partial charge on any atom is 0.0888 e. The molecule has 2 rings (SSSR count). The Labute approximate surface area is 71.2 Å². The Kier molecular flexibility index (Phi) is 2.10. The van der Waals surface area contributed by atoms with Crippen LogP contribution in [0.5, 0.6) is 0 Å². The van der Waals surface area contributed by atoms with E-state index in [0.29, 0.717) is 6.54 Å². The molecule has 0 saturated carbocycles. The molecule has 1 aromatic heterocycles. The van der Waals surface area contributed by atoms with Crippen LogP contribution in [-0.2, 0) is 0 Å². The molecule has 1 aliphatic rings. The van der Waals surface area contributed by atoms with Crippen LogP contribution >= 0.6 is 0 Å². The lowest BCUT2D eigenvalue weighted by Gasteiger charge is -2.28. The number of rotatable bonds is 1. The van der Waals surface area contributed by atoms with E-state index in [9.17, 15) is 5.11 Å². The van der Waals surface area contributed by atoms with Crippen molar-refractivity contribution in [2.24, 2.45) is 0 Å². The average molecular weight is 167 g/mol. The molecule has 2 atom stereocenters. The van der Waals surface area contributed by atoms with Gasteiger partial charge < -0.3 is 10.4 Å². The fourth-order valence-corrected chi connectivity index (χ4v) is 1.61. The van der Waals surface area contributed by atoms with Gasteiger partial charge in [0.15, 0.2) is 0 Å². The summed E-state index contributed by atoms with van der Waals surface area (Å²) in [6.45, 7) is 1.63. The molecule has 1 fully saturated rings. The second-order valence-corrected chi connectivity index (χ2v) is 3.11. The highest BCUT2D eigenvalue weighted by molar-refractivity contribution is 4.87. The van der Waals surface area contributed by atoms with Gasteiger partial charge in [-0.25, -0.2) is 0 Å². The van der Waals surface area contributed by atoms with Crippen molar-refractivity contribution in [2.75, 3.05) is 13.1 Å². The number of piperidine rings is 1. The van der Waals surface area contributed by atoms with Crippen molar-refractivity contribution in [3.05, 3.63) is 18.5 Å². The van der Waals surface area contributed by atoms with Crippen molar-refractivity contribution < 1.29 is 5.11 Å². The van der Waals surface area contributed by atoms with Crippen LogP contribution in [-0.4, -0.2) is 34.1 Å². The maximum atomic E-state index is 9.62. The second kappa shape index (κ2) is 3.25. The Morgan fingerprint density at radius 1 is 1.58 bits per heavy atom. The fraction of sp³-hybridized carbons (Fsp3) is 0.625. The first-order valence-electron chi connectivity index (χ1n) is 4.26. The van der Waals surface area contributed by atoms with Gasteiger partial charge >= 0.3 is 0 Å². The van der Waals surface area contributed by atoms with E-state index in [1.165, 1.54) is 0 Å². The number of aliphatic hydroxyl groups is 1. The molecule has 2 heterocycles. The van der Waals surface area contributed by atoms with Crippen molar-refractivity contribution in [2.45, 2.75) is 18.6 Å². The molecule has 0 bridgehead atoms. The van der Waals surface area contributed by atoms with E-state index >= 15 is 0 Å². The normalized spacial score (nSPS) is 30.4. The third-order valence-corrected chi connectivity index (χ3v) is 2.28. The molecule has 66 valence electrons. The summed E-state index contributed by atoms with van der Waals surface area (Å²) in [7, 11) is 0. The minimum atomic E-state index is -0.307. The number of nitrogens with one attached hydrogen (secondary N) is 1. The van der Waals surface area contributed by atoms with Gasteiger partial charge in [0.05, 0.1) is 12.1 Å². The summed E-state index contributed by atoms with van der Waals surface area (Å²) in [6.07, 6.45) is 4.29. The van der Waals surface area contributed by atoms with Crippen molar-refractivity contribution in [1.82, 2.24) is 15.1 Å². The van der Waals surface area contributed by atoms with Crippen molar-refractivity contribution in [3.8, 4) is 0 Å². The van der Waals surface area contributed by atoms with Crippen LogP contribution in [0, 0.1) is 0 Å². The van der Waals surface area contributed by atoms with Gasteiger partial charge in [0.1, 0.15) is 0 Å². The summed E-state index contributed by atoms with van der Waals surface area (Å²) in [5.74, 6) is 0. The third-order valence-electron chi connectivity index (χ3n) is 2.28. The zero-order valence-electron chi connectivity index (χ0n) is 6.85. The molecule has 4 nitrogen and oxygen atoms in total. The monoisotopic (exact) mass is 167 g/mol. The van der Waals surface area contributed by atoms with Gasteiger partial charge in [0.25, 0.3) is 0 Å². The molecule has 1 saturated heterocycles. The van der Waals surface area contributed by atoms with Crippen molar-refractivity contribution in [3.63, 3.8) is 0 Å². The summed E-state index contributed by atoms with van der Waals surface area (Å²) in [5.41, 5.74) is 0. The number of aliphatic hydroxyl groups excluding tert-OH is 1. The average Bonchev–Trinajstić information content (AvgIpc) is 2.57. The predicted molar refractivity (Wildman–Crippen MR) is 44.8 cm³/mol. The van der Waals surface area contributed by atoms with Gasteiger partial charge in [0, 0.05) is 18.9 Å². The Morgan fingerprint density at radius 2 is 2.50 bits per heavy atom. The van der Waals surface area contributed by atoms with Crippen LogP contribution in [0.1, 0.15) is 12.5 Å². The number of β-amino-alcohol motifs (C(OH)–C–C–N with tert-alkyl or cyclic N) is 1. The largest absolute Gasteiger partial charge is 0.390 e. The van der Waals surface area contributed by atoms with Crippen LogP contribution in [0.25, 0.3) is 0 Å². The van der Waals surface area contributed by atoms with Crippen LogP contribution in [0.2, 0.25) is 0 Å². The zero-order chi connectivity index (χ0) is 8.39. The van der Waals surface area contributed by atoms with E-state index in [1.807, 2.05) is 16.9 Å². The highest BCUT2D eigenvalue weighted by Gasteiger charge is 2.24. The first kappa shape index (κ1) is 7.76. The predicted octanol–water partition coefficient (Wildman–Crippen LogP) is -0.222. The molecule has 0 spiro atoms. The number of hydrogen-bond donors (Lipinski definition) is 2. The van der Waals surface area contributed by atoms with Crippen LogP contribution in [0.15, 0.2) is 18.5 Å². The van der Waals surface area contributed by atoms with Gasteiger partial charge in [-0.15, -0.1) is 0 Å². The molecule has 0 aromatic carbocycles. The van der Waals surface area contributed by atoms with E-state index in [1.54, 1.807) is 6.20 Å². The van der Waals surface area contributed by atoms with E-state index in [0.717, 1.165) is 13.0 Å². The van der Waals surface area contributed by atoms with Gasteiger partial charge in [-0.1, -0.05) is 0 Å². The number of nitrogens with zero attached hydrogens (tertiary/aromatic N) is 2. The first-order valence-corrected chi connectivity index (χ1v) is 4.26. The minimum Gasteiger partial charge on any atom is -0.390 e. The fourth-order valence-electron chi connectivity index (χ4n) is 1.61. The quantitative estimate of drug-likeness (QED) is 0.608. The summed E-state index contributed by atoms with van der Waals surface area (Å²) in [4.78, 5) is 0. The van der Waals surface area contributed by atoms with E-state index in [-0.39, 0.29) is 12.1 Å². The SMILES string of the molecule is O[C@@H]1CNCC[C@H]1n1cccn1. The maximum absolute atomic E-state index is 9.62. The lowest BCUT2D eigenvalue weighted by Crippen LogP contribution is -2.41. The van der Waals surface area contributed by atoms with Crippen LogP contribution in [0.4, 0.5) is 0 Å². The second-order valence-electron chi connectivity index (χ2n) is 3.11. The third kappa shape index (κ3) is 1.35. The highest BCUT2D eigenvalue weighted by Crippen LogP contribution is 2.17. The van der Waals surface area contributed by atoms with Gasteiger partial charge in [0.2, 0.25) is 0 Å². The smallest absolute Gasteiger partial charge is 0.0888 e. The Bertz CT molecular complexity index is 234. The summed E-state index contributed by atoms with van der Waals surface area (Å²) < 4.78 is 1.84. The number of aromatic nitrogens is 2. The molecule has 0 radical (unpaired) electrons. The van der Waals surface area contributed by atoms with Crippen molar-refractivity contribution >= 4 is 0 Å². The molecule has 1 aliphatic heterocycles.